The van der Waals surface area contributed by atoms with Crippen molar-refractivity contribution < 1.29 is 9.53 Å². The van der Waals surface area contributed by atoms with E-state index in [9.17, 15) is 4.79 Å². The van der Waals surface area contributed by atoms with Crippen molar-refractivity contribution in [3.63, 3.8) is 0 Å². The zero-order valence-electron chi connectivity index (χ0n) is 8.67. The minimum Gasteiger partial charge on any atom is -0.367 e. The van der Waals surface area contributed by atoms with Crippen molar-refractivity contribution in [1.29, 1.82) is 0 Å². The van der Waals surface area contributed by atoms with Gasteiger partial charge in [-0.05, 0) is 20.3 Å². The minimum absolute atomic E-state index is 0.0669. The van der Waals surface area contributed by atoms with Crippen LogP contribution in [-0.2, 0) is 9.53 Å². The molecule has 1 amide bonds. The van der Waals surface area contributed by atoms with Gasteiger partial charge in [0.05, 0.1) is 6.61 Å². The maximum atomic E-state index is 11.3. The van der Waals surface area contributed by atoms with Crippen molar-refractivity contribution in [1.82, 2.24) is 5.32 Å². The normalized spacial score (nSPS) is 15.1. The number of amides is 1. The topological polar surface area (TPSA) is 64.3 Å². The number of nitrogens with one attached hydrogen (secondary N) is 1. The van der Waals surface area contributed by atoms with E-state index in [0.717, 1.165) is 6.42 Å². The van der Waals surface area contributed by atoms with Crippen LogP contribution in [-0.4, -0.2) is 31.2 Å². The SMILES string of the molecule is CCC(C)NC(=O)C(C)OCCN. The van der Waals surface area contributed by atoms with Gasteiger partial charge in [0.15, 0.2) is 0 Å². The molecule has 0 rings (SSSR count). The molecule has 0 aromatic carbocycles. The lowest BCUT2D eigenvalue weighted by Gasteiger charge is -2.16. The van der Waals surface area contributed by atoms with E-state index in [0.29, 0.717) is 13.2 Å². The Balaban J connectivity index is 3.68. The highest BCUT2D eigenvalue weighted by atomic mass is 16.5. The van der Waals surface area contributed by atoms with Crippen LogP contribution in [0.4, 0.5) is 0 Å². The molecule has 0 aliphatic carbocycles. The maximum Gasteiger partial charge on any atom is 0.249 e. The van der Waals surface area contributed by atoms with Crippen molar-refractivity contribution in [3.8, 4) is 0 Å². The molecular weight excluding hydrogens is 168 g/mol. The van der Waals surface area contributed by atoms with E-state index in [2.05, 4.69) is 5.32 Å². The molecule has 13 heavy (non-hydrogen) atoms. The number of ether oxygens (including phenoxy) is 1. The first-order chi connectivity index (χ1) is 6.11. The lowest BCUT2D eigenvalue weighted by atomic mass is 10.2. The van der Waals surface area contributed by atoms with Gasteiger partial charge in [-0.1, -0.05) is 6.92 Å². The third-order valence-electron chi connectivity index (χ3n) is 1.86. The minimum atomic E-state index is -0.405. The van der Waals surface area contributed by atoms with E-state index in [4.69, 9.17) is 10.5 Å². The van der Waals surface area contributed by atoms with E-state index in [1.165, 1.54) is 0 Å². The van der Waals surface area contributed by atoms with Crippen LogP contribution in [0.5, 0.6) is 0 Å². The molecule has 0 heterocycles. The molecule has 0 aliphatic rings. The zero-order valence-corrected chi connectivity index (χ0v) is 8.67. The van der Waals surface area contributed by atoms with Gasteiger partial charge in [0.25, 0.3) is 0 Å². The summed E-state index contributed by atoms with van der Waals surface area (Å²) in [5.41, 5.74) is 5.25. The standard InChI is InChI=1S/C9H20N2O2/c1-4-7(2)11-9(12)8(3)13-6-5-10/h7-8H,4-6,10H2,1-3H3,(H,11,12). The Hall–Kier alpha value is -0.610. The van der Waals surface area contributed by atoms with Crippen molar-refractivity contribution in [2.24, 2.45) is 5.73 Å². The summed E-state index contributed by atoms with van der Waals surface area (Å²) >= 11 is 0. The summed E-state index contributed by atoms with van der Waals surface area (Å²) in [7, 11) is 0. The summed E-state index contributed by atoms with van der Waals surface area (Å²) in [6.45, 7) is 6.59. The van der Waals surface area contributed by atoms with E-state index in [1.807, 2.05) is 13.8 Å². The Bertz CT molecular complexity index is 151. The van der Waals surface area contributed by atoms with E-state index in [-0.39, 0.29) is 11.9 Å². The van der Waals surface area contributed by atoms with Crippen molar-refractivity contribution in [2.75, 3.05) is 13.2 Å². The van der Waals surface area contributed by atoms with Crippen LogP contribution >= 0.6 is 0 Å². The molecular formula is C9H20N2O2. The molecule has 0 radical (unpaired) electrons. The number of carbonyl (C=O) groups is 1. The molecule has 78 valence electrons. The molecule has 4 heteroatoms. The molecule has 0 aromatic heterocycles. The van der Waals surface area contributed by atoms with Gasteiger partial charge in [-0.3, -0.25) is 4.79 Å². The molecule has 0 aromatic rings. The van der Waals surface area contributed by atoms with Crippen molar-refractivity contribution in [3.05, 3.63) is 0 Å². The lowest BCUT2D eigenvalue weighted by Crippen LogP contribution is -2.40. The molecule has 3 N–H and O–H groups in total. The first-order valence-electron chi connectivity index (χ1n) is 4.73. The summed E-state index contributed by atoms with van der Waals surface area (Å²) in [6.07, 6.45) is 0.521. The number of hydrogen-bond acceptors (Lipinski definition) is 3. The van der Waals surface area contributed by atoms with Crippen molar-refractivity contribution >= 4 is 5.91 Å². The Kier molecular flexibility index (Phi) is 6.54. The Morgan fingerprint density at radius 3 is 2.62 bits per heavy atom. The van der Waals surface area contributed by atoms with Gasteiger partial charge < -0.3 is 15.8 Å². The summed E-state index contributed by atoms with van der Waals surface area (Å²) in [5.74, 6) is -0.0669. The quantitative estimate of drug-likeness (QED) is 0.628. The zero-order chi connectivity index (χ0) is 10.3. The fourth-order valence-corrected chi connectivity index (χ4v) is 0.783. The van der Waals surface area contributed by atoms with Crippen molar-refractivity contribution in [2.45, 2.75) is 39.3 Å². The molecule has 0 bridgehead atoms. The van der Waals surface area contributed by atoms with Gasteiger partial charge in [0, 0.05) is 12.6 Å². The number of rotatable bonds is 6. The van der Waals surface area contributed by atoms with E-state index >= 15 is 0 Å². The highest BCUT2D eigenvalue weighted by Gasteiger charge is 2.13. The molecule has 0 saturated heterocycles. The monoisotopic (exact) mass is 188 g/mol. The third kappa shape index (κ3) is 5.60. The summed E-state index contributed by atoms with van der Waals surface area (Å²) in [4.78, 5) is 11.3. The van der Waals surface area contributed by atoms with Gasteiger partial charge in [-0.2, -0.15) is 0 Å². The maximum absolute atomic E-state index is 11.3. The fraction of sp³-hybridized carbons (Fsp3) is 0.889. The first-order valence-corrected chi connectivity index (χ1v) is 4.73. The summed E-state index contributed by atoms with van der Waals surface area (Å²) < 4.78 is 5.16. The number of carbonyl (C=O) groups excluding carboxylic acids is 1. The first kappa shape index (κ1) is 12.4. The number of nitrogens with two attached hydrogens (primary N) is 1. The second kappa shape index (κ2) is 6.86. The Labute approximate surface area is 79.8 Å². The van der Waals surface area contributed by atoms with E-state index in [1.54, 1.807) is 6.92 Å². The van der Waals surface area contributed by atoms with Crippen LogP contribution < -0.4 is 11.1 Å². The highest BCUT2D eigenvalue weighted by molar-refractivity contribution is 5.80. The summed E-state index contributed by atoms with van der Waals surface area (Å²) in [5, 5.41) is 2.83. The van der Waals surface area contributed by atoms with Gasteiger partial charge in [0.1, 0.15) is 6.10 Å². The molecule has 2 unspecified atom stereocenters. The second-order valence-corrected chi connectivity index (χ2v) is 3.12. The second-order valence-electron chi connectivity index (χ2n) is 3.12. The third-order valence-corrected chi connectivity index (χ3v) is 1.86. The number of hydrogen-bond donors (Lipinski definition) is 2. The van der Waals surface area contributed by atoms with Crippen LogP contribution in [0.2, 0.25) is 0 Å². The molecule has 0 saturated carbocycles. The van der Waals surface area contributed by atoms with Crippen LogP contribution in [0.1, 0.15) is 27.2 Å². The van der Waals surface area contributed by atoms with Crippen LogP contribution in [0.25, 0.3) is 0 Å². The summed E-state index contributed by atoms with van der Waals surface area (Å²) in [6, 6.07) is 0.205. The highest BCUT2D eigenvalue weighted by Crippen LogP contribution is 1.93. The van der Waals surface area contributed by atoms with Crippen LogP contribution in [0.3, 0.4) is 0 Å². The smallest absolute Gasteiger partial charge is 0.249 e. The Morgan fingerprint density at radius 1 is 1.54 bits per heavy atom. The van der Waals surface area contributed by atoms with Crippen LogP contribution in [0, 0.1) is 0 Å². The molecule has 0 spiro atoms. The molecule has 0 aliphatic heterocycles. The van der Waals surface area contributed by atoms with Gasteiger partial charge in [0.2, 0.25) is 5.91 Å². The van der Waals surface area contributed by atoms with Gasteiger partial charge in [-0.25, -0.2) is 0 Å². The molecule has 2 atom stereocenters. The predicted octanol–water partition coefficient (Wildman–Crippen LogP) is 0.265. The Morgan fingerprint density at radius 2 is 2.15 bits per heavy atom. The predicted molar refractivity (Wildman–Crippen MR) is 52.4 cm³/mol. The fourth-order valence-electron chi connectivity index (χ4n) is 0.783. The average molecular weight is 188 g/mol. The van der Waals surface area contributed by atoms with Gasteiger partial charge >= 0.3 is 0 Å². The van der Waals surface area contributed by atoms with E-state index < -0.39 is 6.10 Å². The largest absolute Gasteiger partial charge is 0.367 e. The average Bonchev–Trinajstić information content (AvgIpc) is 2.13. The van der Waals surface area contributed by atoms with Crippen LogP contribution in [0.15, 0.2) is 0 Å². The molecule has 0 fully saturated rings. The molecule has 4 nitrogen and oxygen atoms in total. The lowest BCUT2D eigenvalue weighted by molar-refractivity contribution is -0.132. The van der Waals surface area contributed by atoms with Gasteiger partial charge in [-0.15, -0.1) is 0 Å².